The Morgan fingerprint density at radius 3 is 2.72 bits per heavy atom. The molecule has 0 aliphatic heterocycles. The van der Waals surface area contributed by atoms with Crippen LogP contribution in [-0.2, 0) is 10.8 Å². The summed E-state index contributed by atoms with van der Waals surface area (Å²) in [5.74, 6) is -0.260. The van der Waals surface area contributed by atoms with Gasteiger partial charge in [-0.15, -0.1) is 0 Å². The molecule has 1 unspecified atom stereocenters. The minimum absolute atomic E-state index is 0.0427. The van der Waals surface area contributed by atoms with Crippen molar-refractivity contribution in [1.82, 2.24) is 5.32 Å². The summed E-state index contributed by atoms with van der Waals surface area (Å²) in [6.45, 7) is 5.85. The van der Waals surface area contributed by atoms with Crippen molar-refractivity contribution in [3.05, 3.63) is 29.8 Å². The Balaban J connectivity index is 2.39. The zero-order valence-corrected chi connectivity index (χ0v) is 11.5. The van der Waals surface area contributed by atoms with E-state index in [1.807, 2.05) is 0 Å². The van der Waals surface area contributed by atoms with Crippen molar-refractivity contribution in [3.63, 3.8) is 0 Å². The number of halogens is 2. The lowest BCUT2D eigenvalue weighted by Gasteiger charge is -2.07. The highest BCUT2D eigenvalue weighted by Gasteiger charge is 2.10. The summed E-state index contributed by atoms with van der Waals surface area (Å²) in [5.41, 5.74) is 0. The minimum atomic E-state index is -1.47. The number of nitrogens with one attached hydrogen (secondary N) is 1. The minimum Gasteiger partial charge on any atom is -0.316 e. The predicted molar refractivity (Wildman–Crippen MR) is 70.0 cm³/mol. The lowest BCUT2D eigenvalue weighted by atomic mass is 10.2. The van der Waals surface area contributed by atoms with E-state index in [1.54, 1.807) is 0 Å². The average Bonchev–Trinajstić information content (AvgIpc) is 2.31. The second kappa shape index (κ2) is 7.59. The van der Waals surface area contributed by atoms with Gasteiger partial charge in [0.05, 0.1) is 15.7 Å². The van der Waals surface area contributed by atoms with E-state index in [2.05, 4.69) is 19.2 Å². The van der Waals surface area contributed by atoms with Crippen LogP contribution in [0.3, 0.4) is 0 Å². The molecule has 1 N–H and O–H groups in total. The van der Waals surface area contributed by atoms with Gasteiger partial charge in [-0.25, -0.2) is 8.78 Å². The molecule has 0 saturated heterocycles. The van der Waals surface area contributed by atoms with E-state index in [0.717, 1.165) is 31.3 Å². The van der Waals surface area contributed by atoms with Crippen LogP contribution in [0.5, 0.6) is 0 Å². The molecular weight excluding hydrogens is 256 g/mol. The Labute approximate surface area is 109 Å². The molecule has 1 rings (SSSR count). The van der Waals surface area contributed by atoms with Crippen LogP contribution in [0.15, 0.2) is 23.1 Å². The van der Waals surface area contributed by atoms with Crippen LogP contribution in [0.4, 0.5) is 8.78 Å². The van der Waals surface area contributed by atoms with Crippen LogP contribution in [0.1, 0.15) is 20.3 Å². The van der Waals surface area contributed by atoms with Gasteiger partial charge in [0.25, 0.3) is 0 Å². The molecule has 0 aliphatic rings. The van der Waals surface area contributed by atoms with Crippen molar-refractivity contribution in [2.75, 3.05) is 18.8 Å². The van der Waals surface area contributed by atoms with Gasteiger partial charge in [-0.2, -0.15) is 0 Å². The first-order chi connectivity index (χ1) is 8.50. The fourth-order valence-electron chi connectivity index (χ4n) is 1.48. The third-order valence-corrected chi connectivity index (χ3v) is 3.84. The van der Waals surface area contributed by atoms with Gasteiger partial charge in [-0.3, -0.25) is 4.21 Å². The predicted octanol–water partition coefficient (Wildman–Crippen LogP) is 2.71. The van der Waals surface area contributed by atoms with Gasteiger partial charge in [0, 0.05) is 5.75 Å². The second-order valence-electron chi connectivity index (χ2n) is 4.58. The van der Waals surface area contributed by atoms with Gasteiger partial charge < -0.3 is 5.32 Å². The Kier molecular flexibility index (Phi) is 6.43. The van der Waals surface area contributed by atoms with Crippen molar-refractivity contribution in [3.8, 4) is 0 Å². The van der Waals surface area contributed by atoms with Gasteiger partial charge in [-0.05, 0) is 43.6 Å². The third-order valence-electron chi connectivity index (χ3n) is 2.37. The number of hydrogen-bond acceptors (Lipinski definition) is 2. The van der Waals surface area contributed by atoms with Crippen LogP contribution >= 0.6 is 0 Å². The van der Waals surface area contributed by atoms with Gasteiger partial charge in [-0.1, -0.05) is 13.8 Å². The van der Waals surface area contributed by atoms with E-state index in [1.165, 1.54) is 0 Å². The van der Waals surface area contributed by atoms with Crippen molar-refractivity contribution >= 4 is 10.8 Å². The van der Waals surface area contributed by atoms with E-state index in [0.29, 0.717) is 18.1 Å². The highest BCUT2D eigenvalue weighted by atomic mass is 32.2. The monoisotopic (exact) mass is 275 g/mol. The first-order valence-electron chi connectivity index (χ1n) is 6.05. The Hall–Kier alpha value is -0.810. The Morgan fingerprint density at radius 2 is 2.06 bits per heavy atom. The number of hydrogen-bond donors (Lipinski definition) is 1. The number of benzene rings is 1. The zero-order chi connectivity index (χ0) is 13.5. The first-order valence-corrected chi connectivity index (χ1v) is 7.36. The summed E-state index contributed by atoms with van der Waals surface area (Å²) in [6, 6.07) is 3.05. The van der Waals surface area contributed by atoms with Gasteiger partial charge in [0.1, 0.15) is 11.6 Å². The van der Waals surface area contributed by atoms with E-state index < -0.39 is 22.4 Å². The van der Waals surface area contributed by atoms with Crippen molar-refractivity contribution in [2.45, 2.75) is 25.2 Å². The summed E-state index contributed by atoms with van der Waals surface area (Å²) in [7, 11) is -1.47. The molecule has 0 radical (unpaired) electrons. The molecule has 1 atom stereocenters. The Morgan fingerprint density at radius 1 is 1.33 bits per heavy atom. The van der Waals surface area contributed by atoms with Crippen molar-refractivity contribution in [1.29, 1.82) is 0 Å². The summed E-state index contributed by atoms with van der Waals surface area (Å²) in [6.07, 6.45) is 0.676. The lowest BCUT2D eigenvalue weighted by molar-refractivity contribution is 0.549. The van der Waals surface area contributed by atoms with Crippen molar-refractivity contribution < 1.29 is 13.0 Å². The van der Waals surface area contributed by atoms with E-state index in [-0.39, 0.29) is 4.90 Å². The first kappa shape index (κ1) is 15.2. The number of rotatable bonds is 7. The molecule has 5 heteroatoms. The molecule has 0 aliphatic carbocycles. The van der Waals surface area contributed by atoms with E-state index >= 15 is 0 Å². The largest absolute Gasteiger partial charge is 0.316 e. The fraction of sp³-hybridized carbons (Fsp3) is 0.538. The smallest absolute Gasteiger partial charge is 0.139 e. The Bertz CT molecular complexity index is 410. The molecule has 0 heterocycles. The zero-order valence-electron chi connectivity index (χ0n) is 10.7. The molecule has 0 saturated carbocycles. The lowest BCUT2D eigenvalue weighted by Crippen LogP contribution is -2.22. The molecule has 0 aromatic heterocycles. The summed E-state index contributed by atoms with van der Waals surface area (Å²) in [4.78, 5) is -0.0427. The van der Waals surface area contributed by atoms with Gasteiger partial charge in [0.15, 0.2) is 0 Å². The van der Waals surface area contributed by atoms with Crippen LogP contribution in [0, 0.1) is 17.6 Å². The topological polar surface area (TPSA) is 29.1 Å². The fourth-order valence-corrected chi connectivity index (χ4v) is 2.64. The van der Waals surface area contributed by atoms with Crippen LogP contribution in [-0.4, -0.2) is 23.1 Å². The maximum Gasteiger partial charge on any atom is 0.139 e. The standard InChI is InChI=1S/C13H19F2NOS/c1-10(2)9-16-6-3-7-18(17)13-8-11(14)4-5-12(13)15/h4-5,8,10,16H,3,6-7,9H2,1-2H3. The average molecular weight is 275 g/mol. The molecular formula is C13H19F2NOS. The highest BCUT2D eigenvalue weighted by molar-refractivity contribution is 7.85. The SMILES string of the molecule is CC(C)CNCCCS(=O)c1cc(F)ccc1F. The molecule has 1 aromatic carbocycles. The van der Waals surface area contributed by atoms with Crippen molar-refractivity contribution in [2.24, 2.45) is 5.92 Å². The van der Waals surface area contributed by atoms with Gasteiger partial charge >= 0.3 is 0 Å². The van der Waals surface area contributed by atoms with Crippen LogP contribution in [0.2, 0.25) is 0 Å². The maximum absolute atomic E-state index is 13.3. The highest BCUT2D eigenvalue weighted by Crippen LogP contribution is 2.14. The van der Waals surface area contributed by atoms with Gasteiger partial charge in [0.2, 0.25) is 0 Å². The van der Waals surface area contributed by atoms with E-state index in [4.69, 9.17) is 0 Å². The van der Waals surface area contributed by atoms with Crippen LogP contribution in [0.25, 0.3) is 0 Å². The summed E-state index contributed by atoms with van der Waals surface area (Å²) in [5, 5.41) is 3.22. The maximum atomic E-state index is 13.3. The third kappa shape index (κ3) is 5.23. The summed E-state index contributed by atoms with van der Waals surface area (Å²) >= 11 is 0. The summed E-state index contributed by atoms with van der Waals surface area (Å²) < 4.78 is 38.0. The quantitative estimate of drug-likeness (QED) is 0.775. The normalized spacial score (nSPS) is 12.9. The molecule has 2 nitrogen and oxygen atoms in total. The molecule has 102 valence electrons. The molecule has 0 fully saturated rings. The second-order valence-corrected chi connectivity index (χ2v) is 6.12. The molecule has 0 spiro atoms. The molecule has 1 aromatic rings. The van der Waals surface area contributed by atoms with E-state index in [9.17, 15) is 13.0 Å². The molecule has 0 amide bonds. The van der Waals surface area contributed by atoms with Crippen LogP contribution < -0.4 is 5.32 Å². The molecule has 0 bridgehead atoms. The molecule has 18 heavy (non-hydrogen) atoms.